The molecule has 2 aromatic rings. The number of amides is 2. The number of hydrogen-bond donors (Lipinski definition) is 2. The fourth-order valence-corrected chi connectivity index (χ4v) is 1.72. The molecule has 0 aliphatic heterocycles. The molecule has 2 rings (SSSR count). The predicted octanol–water partition coefficient (Wildman–Crippen LogP) is 1.21. The van der Waals surface area contributed by atoms with Crippen molar-refractivity contribution in [3.05, 3.63) is 41.0 Å². The third-order valence-electron chi connectivity index (χ3n) is 2.53. The van der Waals surface area contributed by atoms with E-state index in [9.17, 15) is 9.59 Å². The van der Waals surface area contributed by atoms with Crippen molar-refractivity contribution in [2.45, 2.75) is 20.0 Å². The average Bonchev–Trinajstić information content (AvgIpc) is 2.84. The van der Waals surface area contributed by atoms with Crippen LogP contribution in [0.5, 0.6) is 0 Å². The molecule has 110 valence electrons. The number of anilines is 1. The summed E-state index contributed by atoms with van der Waals surface area (Å²) in [4.78, 5) is 23.8. The molecule has 0 aliphatic rings. The highest BCUT2D eigenvalue weighted by molar-refractivity contribution is 6.30. The van der Waals surface area contributed by atoms with Crippen LogP contribution in [0, 0.1) is 0 Å². The highest BCUT2D eigenvalue weighted by Crippen LogP contribution is 2.09. The molecule has 1 aromatic carbocycles. The molecule has 0 aliphatic carbocycles. The van der Waals surface area contributed by atoms with Crippen molar-refractivity contribution in [2.24, 2.45) is 0 Å². The van der Waals surface area contributed by atoms with Crippen LogP contribution in [-0.2, 0) is 22.7 Å². The summed E-state index contributed by atoms with van der Waals surface area (Å²) in [5.41, 5.74) is 0.945. The number of nitrogens with one attached hydrogen (secondary N) is 2. The lowest BCUT2D eigenvalue weighted by Gasteiger charge is -2.05. The quantitative estimate of drug-likeness (QED) is 0.869. The molecular weight excluding hydrogens is 294 g/mol. The number of halogens is 1. The minimum Gasteiger partial charge on any atom is -0.350 e. The zero-order chi connectivity index (χ0) is 15.2. The van der Waals surface area contributed by atoms with Crippen molar-refractivity contribution in [3.63, 3.8) is 0 Å². The average molecular weight is 308 g/mol. The normalized spacial score (nSPS) is 10.2. The van der Waals surface area contributed by atoms with Gasteiger partial charge in [-0.15, -0.1) is 5.10 Å². The van der Waals surface area contributed by atoms with Crippen LogP contribution < -0.4 is 10.6 Å². The molecule has 1 aromatic heterocycles. The lowest BCUT2D eigenvalue weighted by Crippen LogP contribution is -2.28. The molecule has 7 nitrogen and oxygen atoms in total. The molecule has 0 spiro atoms. The van der Waals surface area contributed by atoms with Gasteiger partial charge in [-0.2, -0.15) is 9.90 Å². The maximum atomic E-state index is 11.8. The summed E-state index contributed by atoms with van der Waals surface area (Å²) >= 11 is 5.78. The standard InChI is InChI=1S/C13H14ClN5O2/c1-9(20)17-12-7-16-19(18-12)8-13(21)15-6-10-2-4-11(14)5-3-10/h2-5,7H,6,8H2,1H3,(H,15,21)(H,17,18,20). The lowest BCUT2D eigenvalue weighted by atomic mass is 10.2. The van der Waals surface area contributed by atoms with Gasteiger partial charge in [0, 0.05) is 18.5 Å². The number of carbonyl (C=O) groups excluding carboxylic acids is 2. The Labute approximate surface area is 126 Å². The maximum absolute atomic E-state index is 11.8. The van der Waals surface area contributed by atoms with E-state index in [0.29, 0.717) is 17.4 Å². The van der Waals surface area contributed by atoms with E-state index in [1.54, 1.807) is 12.1 Å². The minimum absolute atomic E-state index is 0.0207. The van der Waals surface area contributed by atoms with E-state index < -0.39 is 0 Å². The van der Waals surface area contributed by atoms with Gasteiger partial charge in [0.05, 0.1) is 6.20 Å². The summed E-state index contributed by atoms with van der Waals surface area (Å²) in [6.45, 7) is 1.75. The van der Waals surface area contributed by atoms with Crippen LogP contribution in [0.4, 0.5) is 5.82 Å². The lowest BCUT2D eigenvalue weighted by molar-refractivity contribution is -0.122. The number of benzene rings is 1. The van der Waals surface area contributed by atoms with Crippen molar-refractivity contribution in [1.82, 2.24) is 20.3 Å². The van der Waals surface area contributed by atoms with Gasteiger partial charge >= 0.3 is 0 Å². The molecule has 2 N–H and O–H groups in total. The van der Waals surface area contributed by atoms with Crippen LogP contribution in [0.15, 0.2) is 30.5 Å². The van der Waals surface area contributed by atoms with Gasteiger partial charge in [0.1, 0.15) is 6.54 Å². The Kier molecular flexibility index (Phi) is 4.89. The Bertz CT molecular complexity index is 638. The fourth-order valence-electron chi connectivity index (χ4n) is 1.60. The summed E-state index contributed by atoms with van der Waals surface area (Å²) < 4.78 is 0. The van der Waals surface area contributed by atoms with Gasteiger partial charge in [-0.05, 0) is 17.7 Å². The van der Waals surface area contributed by atoms with Crippen LogP contribution in [-0.4, -0.2) is 26.8 Å². The third kappa shape index (κ3) is 4.88. The SMILES string of the molecule is CC(=O)Nc1cnn(CC(=O)NCc2ccc(Cl)cc2)n1. The number of carbonyl (C=O) groups is 2. The summed E-state index contributed by atoms with van der Waals surface area (Å²) in [7, 11) is 0. The Morgan fingerprint density at radius 3 is 2.67 bits per heavy atom. The highest BCUT2D eigenvalue weighted by Gasteiger charge is 2.07. The predicted molar refractivity (Wildman–Crippen MR) is 77.6 cm³/mol. The Morgan fingerprint density at radius 2 is 2.00 bits per heavy atom. The number of rotatable bonds is 5. The minimum atomic E-state index is -0.241. The molecular formula is C13H14ClN5O2. The second-order valence-corrected chi connectivity index (χ2v) is 4.78. The smallest absolute Gasteiger partial charge is 0.243 e. The molecule has 21 heavy (non-hydrogen) atoms. The summed E-state index contributed by atoms with van der Waals surface area (Å²) in [5, 5.41) is 13.7. The first-order chi connectivity index (χ1) is 10.0. The van der Waals surface area contributed by atoms with Crippen LogP contribution in [0.2, 0.25) is 5.02 Å². The molecule has 1 heterocycles. The second-order valence-electron chi connectivity index (χ2n) is 4.34. The largest absolute Gasteiger partial charge is 0.350 e. The Hall–Kier alpha value is -2.41. The zero-order valence-corrected chi connectivity index (χ0v) is 12.1. The van der Waals surface area contributed by atoms with Crippen molar-refractivity contribution in [3.8, 4) is 0 Å². The van der Waals surface area contributed by atoms with Crippen LogP contribution in [0.25, 0.3) is 0 Å². The van der Waals surface area contributed by atoms with E-state index in [2.05, 4.69) is 20.8 Å². The molecule has 0 saturated carbocycles. The Balaban J connectivity index is 1.82. The third-order valence-corrected chi connectivity index (χ3v) is 2.78. The highest BCUT2D eigenvalue weighted by atomic mass is 35.5. The van der Waals surface area contributed by atoms with E-state index in [1.807, 2.05) is 12.1 Å². The van der Waals surface area contributed by atoms with Gasteiger partial charge < -0.3 is 10.6 Å². The van der Waals surface area contributed by atoms with Crippen molar-refractivity contribution < 1.29 is 9.59 Å². The van der Waals surface area contributed by atoms with E-state index in [1.165, 1.54) is 17.9 Å². The molecule has 0 unspecified atom stereocenters. The molecule has 0 bridgehead atoms. The molecule has 0 saturated heterocycles. The van der Waals surface area contributed by atoms with E-state index >= 15 is 0 Å². The monoisotopic (exact) mass is 307 g/mol. The van der Waals surface area contributed by atoms with Gasteiger partial charge in [-0.25, -0.2) is 0 Å². The molecule has 0 fully saturated rings. The number of aromatic nitrogens is 3. The van der Waals surface area contributed by atoms with Crippen LogP contribution in [0.1, 0.15) is 12.5 Å². The first-order valence-electron chi connectivity index (χ1n) is 6.22. The van der Waals surface area contributed by atoms with Gasteiger partial charge in [-0.1, -0.05) is 23.7 Å². The molecule has 8 heteroatoms. The van der Waals surface area contributed by atoms with Crippen molar-refractivity contribution in [1.29, 1.82) is 0 Å². The van der Waals surface area contributed by atoms with Gasteiger partial charge in [0.25, 0.3) is 0 Å². The van der Waals surface area contributed by atoms with Crippen LogP contribution in [0.3, 0.4) is 0 Å². The van der Waals surface area contributed by atoms with Gasteiger partial charge in [-0.3, -0.25) is 9.59 Å². The number of nitrogens with zero attached hydrogens (tertiary/aromatic N) is 3. The zero-order valence-electron chi connectivity index (χ0n) is 11.3. The van der Waals surface area contributed by atoms with E-state index in [-0.39, 0.29) is 18.4 Å². The van der Waals surface area contributed by atoms with Gasteiger partial charge in [0.2, 0.25) is 11.8 Å². The summed E-state index contributed by atoms with van der Waals surface area (Å²) in [6, 6.07) is 7.20. The molecule has 0 radical (unpaired) electrons. The first kappa shape index (κ1) is 15.0. The van der Waals surface area contributed by atoms with Gasteiger partial charge in [0.15, 0.2) is 5.82 Å². The molecule has 2 amide bonds. The fraction of sp³-hybridized carbons (Fsp3) is 0.231. The number of hydrogen-bond acceptors (Lipinski definition) is 4. The Morgan fingerprint density at radius 1 is 1.29 bits per heavy atom. The van der Waals surface area contributed by atoms with Crippen molar-refractivity contribution in [2.75, 3.05) is 5.32 Å². The molecule has 0 atom stereocenters. The van der Waals surface area contributed by atoms with E-state index in [4.69, 9.17) is 11.6 Å². The van der Waals surface area contributed by atoms with Crippen molar-refractivity contribution >= 4 is 29.2 Å². The summed E-state index contributed by atoms with van der Waals surface area (Å²) in [5.74, 6) is -0.155. The van der Waals surface area contributed by atoms with E-state index in [0.717, 1.165) is 5.56 Å². The first-order valence-corrected chi connectivity index (χ1v) is 6.59. The van der Waals surface area contributed by atoms with Crippen LogP contribution >= 0.6 is 11.6 Å². The topological polar surface area (TPSA) is 88.9 Å². The second kappa shape index (κ2) is 6.85. The summed E-state index contributed by atoms with van der Waals surface area (Å²) in [6.07, 6.45) is 1.38. The maximum Gasteiger partial charge on any atom is 0.243 e.